The predicted octanol–water partition coefficient (Wildman–Crippen LogP) is 4.15. The Morgan fingerprint density at radius 2 is 1.94 bits per heavy atom. The highest BCUT2D eigenvalue weighted by molar-refractivity contribution is 7.09. The fraction of sp³-hybridized carbons (Fsp3) is 0.500. The largest absolute Gasteiger partial charge is 0.491 e. The van der Waals surface area contributed by atoms with E-state index in [0.717, 1.165) is 11.1 Å². The maximum Gasteiger partial charge on any atom is 0.418 e. The van der Waals surface area contributed by atoms with Crippen LogP contribution in [0.25, 0.3) is 0 Å². The zero-order chi connectivity index (χ0) is 22.6. The molecule has 0 unspecified atom stereocenters. The van der Waals surface area contributed by atoms with Gasteiger partial charge in [-0.1, -0.05) is 0 Å². The summed E-state index contributed by atoms with van der Waals surface area (Å²) in [4.78, 5) is 34.3. The number of hydrogen-bond acceptors (Lipinski definition) is 7. The standard InChI is InChI=1S/C20H22F3N3O4S/c1-3-29-15-9-13(20(21,22)23)10-24-16(15)18(27)26-7-5-12(6-8-26)17-25-14(11-31-17)19(28)30-4-2/h9-12H,3-8H2,1-2H3. The lowest BCUT2D eigenvalue weighted by Crippen LogP contribution is -2.38. The van der Waals surface area contributed by atoms with Crippen LogP contribution in [0.4, 0.5) is 13.2 Å². The van der Waals surface area contributed by atoms with Crippen LogP contribution in [0, 0.1) is 0 Å². The van der Waals surface area contributed by atoms with Crippen LogP contribution in [0.5, 0.6) is 5.75 Å². The number of halogens is 3. The Morgan fingerprint density at radius 3 is 2.55 bits per heavy atom. The van der Waals surface area contributed by atoms with E-state index in [2.05, 4.69) is 9.97 Å². The van der Waals surface area contributed by atoms with Crippen LogP contribution in [0.1, 0.15) is 64.2 Å². The molecule has 0 aromatic carbocycles. The van der Waals surface area contributed by atoms with Gasteiger partial charge < -0.3 is 14.4 Å². The van der Waals surface area contributed by atoms with Crippen molar-refractivity contribution in [2.75, 3.05) is 26.3 Å². The summed E-state index contributed by atoms with van der Waals surface area (Å²) in [5, 5.41) is 2.46. The number of carbonyl (C=O) groups excluding carboxylic acids is 2. The van der Waals surface area contributed by atoms with Gasteiger partial charge in [0.05, 0.1) is 23.8 Å². The molecule has 0 bridgehead atoms. The van der Waals surface area contributed by atoms with Gasteiger partial charge in [0.25, 0.3) is 5.91 Å². The molecule has 2 aromatic rings. The lowest BCUT2D eigenvalue weighted by Gasteiger charge is -2.31. The number of nitrogens with zero attached hydrogens (tertiary/aromatic N) is 3. The Labute approximate surface area is 181 Å². The van der Waals surface area contributed by atoms with E-state index in [1.165, 1.54) is 11.3 Å². The third-order valence-corrected chi connectivity index (χ3v) is 5.83. The van der Waals surface area contributed by atoms with Crippen molar-refractivity contribution in [1.29, 1.82) is 0 Å². The molecule has 31 heavy (non-hydrogen) atoms. The molecular weight excluding hydrogens is 435 g/mol. The number of rotatable bonds is 6. The number of piperidine rings is 1. The summed E-state index contributed by atoms with van der Waals surface area (Å²) in [5.41, 5.74) is -0.824. The maximum atomic E-state index is 13.0. The first kappa shape index (κ1) is 23.0. The minimum Gasteiger partial charge on any atom is -0.491 e. The molecular formula is C20H22F3N3O4S. The Balaban J connectivity index is 1.68. The molecule has 1 aliphatic heterocycles. The second kappa shape index (κ2) is 9.63. The van der Waals surface area contributed by atoms with Crippen molar-refractivity contribution in [3.63, 3.8) is 0 Å². The summed E-state index contributed by atoms with van der Waals surface area (Å²) >= 11 is 1.37. The van der Waals surface area contributed by atoms with Crippen molar-refractivity contribution < 1.29 is 32.2 Å². The highest BCUT2D eigenvalue weighted by Crippen LogP contribution is 2.34. The van der Waals surface area contributed by atoms with Crippen molar-refractivity contribution in [3.8, 4) is 5.75 Å². The van der Waals surface area contributed by atoms with Crippen LogP contribution < -0.4 is 4.74 Å². The SMILES string of the molecule is CCOC(=O)c1csc(C2CCN(C(=O)c3ncc(C(F)(F)F)cc3OCC)CC2)n1. The van der Waals surface area contributed by atoms with E-state index >= 15 is 0 Å². The average molecular weight is 457 g/mol. The van der Waals surface area contributed by atoms with Crippen molar-refractivity contribution in [2.24, 2.45) is 0 Å². The Hall–Kier alpha value is -2.69. The zero-order valence-electron chi connectivity index (χ0n) is 17.1. The molecule has 0 saturated carbocycles. The molecule has 168 valence electrons. The first-order chi connectivity index (χ1) is 14.7. The maximum absolute atomic E-state index is 13.0. The van der Waals surface area contributed by atoms with Gasteiger partial charge in [0.15, 0.2) is 17.1 Å². The van der Waals surface area contributed by atoms with E-state index in [9.17, 15) is 22.8 Å². The highest BCUT2D eigenvalue weighted by atomic mass is 32.1. The van der Waals surface area contributed by atoms with Crippen molar-refractivity contribution in [3.05, 3.63) is 39.6 Å². The minimum atomic E-state index is -4.57. The minimum absolute atomic E-state index is 0.0872. The Morgan fingerprint density at radius 1 is 1.23 bits per heavy atom. The summed E-state index contributed by atoms with van der Waals surface area (Å²) in [7, 11) is 0. The van der Waals surface area contributed by atoms with Crippen LogP contribution in [0.2, 0.25) is 0 Å². The van der Waals surface area contributed by atoms with Crippen LogP contribution in [0.3, 0.4) is 0 Å². The first-order valence-corrected chi connectivity index (χ1v) is 10.7. The summed E-state index contributed by atoms with van der Waals surface area (Å²) < 4.78 is 49.1. The van der Waals surface area contributed by atoms with Crippen LogP contribution in [0.15, 0.2) is 17.6 Å². The van der Waals surface area contributed by atoms with E-state index in [1.807, 2.05) is 0 Å². The number of hydrogen-bond donors (Lipinski definition) is 0. The van der Waals surface area contributed by atoms with Crippen molar-refractivity contribution in [2.45, 2.75) is 38.8 Å². The van der Waals surface area contributed by atoms with Crippen LogP contribution in [-0.4, -0.2) is 53.0 Å². The fourth-order valence-corrected chi connectivity index (χ4v) is 4.24. The molecule has 0 radical (unpaired) electrons. The van der Waals surface area contributed by atoms with Gasteiger partial charge in [-0.15, -0.1) is 11.3 Å². The first-order valence-electron chi connectivity index (χ1n) is 9.86. The molecule has 0 atom stereocenters. The Kier molecular flexibility index (Phi) is 7.14. The van der Waals surface area contributed by atoms with Gasteiger partial charge in [-0.25, -0.2) is 14.8 Å². The van der Waals surface area contributed by atoms with E-state index < -0.39 is 23.6 Å². The van der Waals surface area contributed by atoms with Gasteiger partial charge in [0.1, 0.15) is 0 Å². The normalized spacial score (nSPS) is 15.1. The van der Waals surface area contributed by atoms with Gasteiger partial charge in [-0.2, -0.15) is 13.2 Å². The molecule has 1 saturated heterocycles. The molecule has 2 aromatic heterocycles. The molecule has 3 heterocycles. The number of thiazole rings is 1. The summed E-state index contributed by atoms with van der Waals surface area (Å²) in [5.74, 6) is -1.02. The number of amides is 1. The molecule has 0 N–H and O–H groups in total. The average Bonchev–Trinajstić information content (AvgIpc) is 3.24. The lowest BCUT2D eigenvalue weighted by atomic mass is 9.97. The van der Waals surface area contributed by atoms with Crippen molar-refractivity contribution in [1.82, 2.24) is 14.9 Å². The summed E-state index contributed by atoms with van der Waals surface area (Å²) in [6.45, 7) is 4.52. The number of esters is 1. The van der Waals surface area contributed by atoms with Gasteiger partial charge in [-0.05, 0) is 32.8 Å². The van der Waals surface area contributed by atoms with Gasteiger partial charge in [0, 0.05) is 30.6 Å². The van der Waals surface area contributed by atoms with Gasteiger partial charge >= 0.3 is 12.1 Å². The zero-order valence-corrected chi connectivity index (χ0v) is 17.9. The number of likely N-dealkylation sites (tertiary alicyclic amines) is 1. The number of ether oxygens (including phenoxy) is 2. The molecule has 0 aliphatic carbocycles. The molecule has 7 nitrogen and oxygen atoms in total. The molecule has 1 fully saturated rings. The van der Waals surface area contributed by atoms with E-state index in [4.69, 9.17) is 9.47 Å². The molecule has 1 aliphatic rings. The van der Waals surface area contributed by atoms with Crippen molar-refractivity contribution >= 4 is 23.2 Å². The number of pyridine rings is 1. The molecule has 0 spiro atoms. The molecule has 3 rings (SSSR count). The van der Waals surface area contributed by atoms with E-state index in [0.29, 0.717) is 32.1 Å². The monoisotopic (exact) mass is 457 g/mol. The third kappa shape index (κ3) is 5.33. The summed E-state index contributed by atoms with van der Waals surface area (Å²) in [6.07, 6.45) is -2.69. The van der Waals surface area contributed by atoms with E-state index in [-0.39, 0.29) is 36.3 Å². The second-order valence-electron chi connectivity index (χ2n) is 6.86. The topological polar surface area (TPSA) is 81.6 Å². The van der Waals surface area contributed by atoms with Crippen LogP contribution in [-0.2, 0) is 10.9 Å². The molecule has 11 heteroatoms. The molecule has 1 amide bonds. The quantitative estimate of drug-likeness (QED) is 0.606. The fourth-order valence-electron chi connectivity index (χ4n) is 3.28. The number of alkyl halides is 3. The third-order valence-electron chi connectivity index (χ3n) is 4.82. The van der Waals surface area contributed by atoms with E-state index in [1.54, 1.807) is 24.1 Å². The second-order valence-corrected chi connectivity index (χ2v) is 7.75. The summed E-state index contributed by atoms with van der Waals surface area (Å²) in [6, 6.07) is 0.808. The predicted molar refractivity (Wildman–Crippen MR) is 106 cm³/mol. The number of aromatic nitrogens is 2. The lowest BCUT2D eigenvalue weighted by molar-refractivity contribution is -0.138. The smallest absolute Gasteiger partial charge is 0.418 e. The highest BCUT2D eigenvalue weighted by Gasteiger charge is 2.34. The number of carbonyl (C=O) groups is 2. The Bertz CT molecular complexity index is 940. The van der Waals surface area contributed by atoms with Gasteiger partial charge in [0.2, 0.25) is 0 Å². The van der Waals surface area contributed by atoms with Crippen LogP contribution >= 0.6 is 11.3 Å². The van der Waals surface area contributed by atoms with Gasteiger partial charge in [-0.3, -0.25) is 4.79 Å².